The lowest BCUT2D eigenvalue weighted by atomic mass is 9.99. The van der Waals surface area contributed by atoms with Crippen molar-refractivity contribution < 1.29 is 63.9 Å². The monoisotopic (exact) mass is 566 g/mol. The molecule has 13 nitrogen and oxygen atoms in total. The Bertz CT molecular complexity index is 1090. The van der Waals surface area contributed by atoms with Gasteiger partial charge < -0.3 is 59.1 Å². The van der Waals surface area contributed by atoms with Gasteiger partial charge in [-0.1, -0.05) is 12.1 Å². The number of aromatic hydroxyl groups is 1. The Labute approximate surface area is 230 Å². The molecular weight excluding hydrogens is 532 g/mol. The molecular formula is C27H34O13. The van der Waals surface area contributed by atoms with Crippen molar-refractivity contribution in [3.05, 3.63) is 59.7 Å². The molecule has 0 aliphatic carbocycles. The third-order valence-electron chi connectivity index (χ3n) is 6.79. The summed E-state index contributed by atoms with van der Waals surface area (Å²) in [7, 11) is 1.49. The number of hydrogen-bond donors (Lipinski definition) is 6. The molecule has 13 heteroatoms. The molecule has 0 aromatic heterocycles. The number of esters is 1. The third kappa shape index (κ3) is 7.07. The fourth-order valence-corrected chi connectivity index (χ4v) is 4.26. The minimum Gasteiger partial charge on any atom is -0.508 e. The Kier molecular flexibility index (Phi) is 9.94. The number of benzene rings is 2. The molecule has 0 unspecified atom stereocenters. The van der Waals surface area contributed by atoms with E-state index in [0.717, 1.165) is 5.56 Å². The average molecular weight is 567 g/mol. The summed E-state index contributed by atoms with van der Waals surface area (Å²) >= 11 is 0. The van der Waals surface area contributed by atoms with Crippen molar-refractivity contribution >= 4 is 5.97 Å². The van der Waals surface area contributed by atoms with Crippen LogP contribution in [0.2, 0.25) is 0 Å². The molecule has 0 amide bonds. The summed E-state index contributed by atoms with van der Waals surface area (Å²) in [5.41, 5.74) is -0.887. The first-order valence-electron chi connectivity index (χ1n) is 12.7. The number of aliphatic hydroxyl groups excluding tert-OH is 4. The smallest absolute Gasteiger partial charge is 0.338 e. The van der Waals surface area contributed by atoms with Crippen molar-refractivity contribution in [3.63, 3.8) is 0 Å². The first kappa shape index (κ1) is 30.1. The molecule has 220 valence electrons. The van der Waals surface area contributed by atoms with Gasteiger partial charge in [0.25, 0.3) is 0 Å². The molecule has 0 radical (unpaired) electrons. The molecule has 0 bridgehead atoms. The predicted molar refractivity (Wildman–Crippen MR) is 134 cm³/mol. The Morgan fingerprint density at radius 2 is 1.65 bits per heavy atom. The summed E-state index contributed by atoms with van der Waals surface area (Å²) in [6.07, 6.45) is -9.70. The second-order valence-electron chi connectivity index (χ2n) is 9.67. The Balaban J connectivity index is 1.26. The highest BCUT2D eigenvalue weighted by molar-refractivity contribution is 5.89. The summed E-state index contributed by atoms with van der Waals surface area (Å²) in [4.78, 5) is 12.3. The van der Waals surface area contributed by atoms with Crippen molar-refractivity contribution in [2.75, 3.05) is 33.5 Å². The maximum atomic E-state index is 12.3. The highest BCUT2D eigenvalue weighted by Gasteiger charge is 2.51. The van der Waals surface area contributed by atoms with Gasteiger partial charge in [-0.3, -0.25) is 0 Å². The van der Waals surface area contributed by atoms with Gasteiger partial charge in [0.05, 0.1) is 32.5 Å². The summed E-state index contributed by atoms with van der Waals surface area (Å²) in [5.74, 6) is -0.0498. The normalized spacial score (nSPS) is 32.1. The van der Waals surface area contributed by atoms with Gasteiger partial charge in [-0.15, -0.1) is 0 Å². The summed E-state index contributed by atoms with van der Waals surface area (Å²) in [5, 5.41) is 61.7. The van der Waals surface area contributed by atoms with Crippen LogP contribution in [-0.2, 0) is 30.1 Å². The zero-order valence-corrected chi connectivity index (χ0v) is 21.7. The first-order chi connectivity index (χ1) is 19.1. The zero-order valence-electron chi connectivity index (χ0n) is 21.7. The van der Waals surface area contributed by atoms with Gasteiger partial charge in [-0.25, -0.2) is 4.79 Å². The lowest BCUT2D eigenvalue weighted by Crippen LogP contribution is -2.59. The summed E-state index contributed by atoms with van der Waals surface area (Å²) < 4.78 is 32.2. The quantitative estimate of drug-likeness (QED) is 0.183. The molecule has 2 aliphatic rings. The van der Waals surface area contributed by atoms with E-state index in [-0.39, 0.29) is 17.9 Å². The van der Waals surface area contributed by atoms with Crippen molar-refractivity contribution in [1.82, 2.24) is 0 Å². The molecule has 0 saturated carbocycles. The number of hydrogen-bond acceptors (Lipinski definition) is 13. The number of carbonyl (C=O) groups excluding carboxylic acids is 1. The van der Waals surface area contributed by atoms with Crippen LogP contribution in [0.15, 0.2) is 48.5 Å². The maximum absolute atomic E-state index is 12.3. The summed E-state index contributed by atoms with van der Waals surface area (Å²) in [6, 6.07) is 12.6. The number of aliphatic hydroxyl groups is 5. The van der Waals surface area contributed by atoms with Crippen LogP contribution < -0.4 is 4.74 Å². The van der Waals surface area contributed by atoms with Crippen LogP contribution in [0.4, 0.5) is 0 Å². The van der Waals surface area contributed by atoms with Crippen molar-refractivity contribution in [2.45, 2.75) is 55.1 Å². The number of phenolic OH excluding ortho intramolecular Hbond substituents is 1. The SMILES string of the molecule is COc1ccc(C(=O)OC[C@@]2(O)CO[C@@H](OC[C@@H]3O[C@H](OCCc4ccc(O)cc4)[C@H](O)[C@H](O)[C@H]3O)[C@@H]2O)cc1. The molecule has 2 fully saturated rings. The number of ether oxygens (including phenoxy) is 6. The van der Waals surface area contributed by atoms with Crippen LogP contribution in [0, 0.1) is 0 Å². The lowest BCUT2D eigenvalue weighted by molar-refractivity contribution is -0.309. The van der Waals surface area contributed by atoms with E-state index in [2.05, 4.69) is 0 Å². The maximum Gasteiger partial charge on any atom is 0.338 e. The first-order valence-corrected chi connectivity index (χ1v) is 12.7. The molecule has 4 rings (SSSR count). The molecule has 0 spiro atoms. The Morgan fingerprint density at radius 1 is 0.950 bits per heavy atom. The van der Waals surface area contributed by atoms with Gasteiger partial charge in [-0.05, 0) is 48.4 Å². The predicted octanol–water partition coefficient (Wildman–Crippen LogP) is -0.911. The van der Waals surface area contributed by atoms with E-state index >= 15 is 0 Å². The Hall–Kier alpha value is -2.85. The van der Waals surface area contributed by atoms with E-state index in [9.17, 15) is 35.4 Å². The molecule has 2 aromatic rings. The average Bonchev–Trinajstić information content (AvgIpc) is 3.25. The van der Waals surface area contributed by atoms with Gasteiger partial charge in [0.15, 0.2) is 18.2 Å². The van der Waals surface area contributed by atoms with Gasteiger partial charge in [0, 0.05) is 0 Å². The number of carbonyl (C=O) groups is 1. The summed E-state index contributed by atoms with van der Waals surface area (Å²) in [6.45, 7) is -1.28. The van der Waals surface area contributed by atoms with Crippen LogP contribution in [0.3, 0.4) is 0 Å². The fraction of sp³-hybridized carbons (Fsp3) is 0.519. The fourth-order valence-electron chi connectivity index (χ4n) is 4.26. The van der Waals surface area contributed by atoms with Gasteiger partial charge >= 0.3 is 5.97 Å². The molecule has 6 N–H and O–H groups in total. The van der Waals surface area contributed by atoms with E-state index in [1.807, 2.05) is 0 Å². The van der Waals surface area contributed by atoms with E-state index in [1.165, 1.54) is 31.4 Å². The zero-order chi connectivity index (χ0) is 28.9. The van der Waals surface area contributed by atoms with E-state index in [1.54, 1.807) is 24.3 Å². The van der Waals surface area contributed by atoms with Crippen LogP contribution >= 0.6 is 0 Å². The van der Waals surface area contributed by atoms with Crippen LogP contribution in [0.25, 0.3) is 0 Å². The number of rotatable bonds is 11. The third-order valence-corrected chi connectivity index (χ3v) is 6.79. The molecule has 2 aliphatic heterocycles. The van der Waals surface area contributed by atoms with E-state index in [4.69, 9.17) is 28.4 Å². The van der Waals surface area contributed by atoms with E-state index < -0.39 is 74.5 Å². The van der Waals surface area contributed by atoms with Crippen molar-refractivity contribution in [1.29, 1.82) is 0 Å². The largest absolute Gasteiger partial charge is 0.508 e. The second-order valence-corrected chi connectivity index (χ2v) is 9.67. The molecule has 2 heterocycles. The van der Waals surface area contributed by atoms with Gasteiger partial charge in [0.1, 0.15) is 48.6 Å². The second kappa shape index (κ2) is 13.2. The lowest BCUT2D eigenvalue weighted by Gasteiger charge is -2.40. The van der Waals surface area contributed by atoms with Crippen molar-refractivity contribution in [2.24, 2.45) is 0 Å². The van der Waals surface area contributed by atoms with Gasteiger partial charge in [-0.2, -0.15) is 0 Å². The molecule has 40 heavy (non-hydrogen) atoms. The standard InChI is InChI=1S/C27H34O13/c1-35-18-8-4-16(5-9-18)24(33)38-13-27(34)14-39-26(23(27)32)37-12-19-20(29)21(30)22(31)25(40-19)36-11-10-15-2-6-17(28)7-3-15/h2-9,19-23,25-26,28-32,34H,10-14H2,1H3/t19-,20-,21+,22+,23-,25-,26+,27+/m0/s1. The molecule has 2 aromatic carbocycles. The number of phenols is 1. The molecule has 8 atom stereocenters. The highest BCUT2D eigenvalue weighted by Crippen LogP contribution is 2.29. The van der Waals surface area contributed by atoms with Crippen LogP contribution in [-0.4, -0.2) is 119 Å². The topological polar surface area (TPSA) is 194 Å². The minimum absolute atomic E-state index is 0.107. The van der Waals surface area contributed by atoms with Crippen LogP contribution in [0.1, 0.15) is 15.9 Å². The van der Waals surface area contributed by atoms with Gasteiger partial charge in [0.2, 0.25) is 0 Å². The number of methoxy groups -OCH3 is 1. The molecule has 2 saturated heterocycles. The van der Waals surface area contributed by atoms with Crippen LogP contribution in [0.5, 0.6) is 11.5 Å². The Morgan fingerprint density at radius 3 is 2.33 bits per heavy atom. The minimum atomic E-state index is -1.96. The van der Waals surface area contributed by atoms with Crippen molar-refractivity contribution in [3.8, 4) is 11.5 Å². The van der Waals surface area contributed by atoms with E-state index in [0.29, 0.717) is 12.2 Å². The highest BCUT2D eigenvalue weighted by atomic mass is 16.7.